The predicted molar refractivity (Wildman–Crippen MR) is 94.0 cm³/mol. The lowest BCUT2D eigenvalue weighted by atomic mass is 10.1. The van der Waals surface area contributed by atoms with E-state index in [-0.39, 0.29) is 11.3 Å². The van der Waals surface area contributed by atoms with Crippen LogP contribution in [0.4, 0.5) is 5.69 Å². The van der Waals surface area contributed by atoms with Crippen LogP contribution in [-0.2, 0) is 19.1 Å². The molecule has 2 rings (SSSR count). The Morgan fingerprint density at radius 1 is 1.08 bits per heavy atom. The Kier molecular flexibility index (Phi) is 6.17. The highest BCUT2D eigenvalue weighted by molar-refractivity contribution is 6.05. The van der Waals surface area contributed by atoms with E-state index in [0.29, 0.717) is 18.0 Å². The molecule has 0 aliphatic carbocycles. The summed E-state index contributed by atoms with van der Waals surface area (Å²) in [6.07, 6.45) is 8.18. The van der Waals surface area contributed by atoms with Gasteiger partial charge in [-0.1, -0.05) is 18.7 Å². The van der Waals surface area contributed by atoms with E-state index in [1.807, 2.05) is 0 Å². The molecule has 1 heterocycles. The van der Waals surface area contributed by atoms with E-state index in [2.05, 4.69) is 6.58 Å². The van der Waals surface area contributed by atoms with Crippen LogP contribution in [0.15, 0.2) is 72.6 Å². The topological polar surface area (TPSA) is 65.1 Å². The summed E-state index contributed by atoms with van der Waals surface area (Å²) < 4.78 is 15.1. The van der Waals surface area contributed by atoms with Crippen molar-refractivity contribution in [1.82, 2.24) is 0 Å². The lowest BCUT2D eigenvalue weighted by molar-refractivity contribution is -0.139. The van der Waals surface area contributed by atoms with Gasteiger partial charge in [0.05, 0.1) is 19.8 Å². The van der Waals surface area contributed by atoms with Crippen molar-refractivity contribution in [1.29, 1.82) is 0 Å². The number of hydrogen-bond donors (Lipinski definition) is 0. The van der Waals surface area contributed by atoms with Crippen LogP contribution in [0.25, 0.3) is 0 Å². The van der Waals surface area contributed by atoms with Gasteiger partial charge in [0.2, 0.25) is 0 Å². The van der Waals surface area contributed by atoms with Crippen LogP contribution in [0.2, 0.25) is 0 Å². The fourth-order valence-electron chi connectivity index (χ4n) is 2.22. The molecule has 0 atom stereocenters. The molecule has 0 radical (unpaired) electrons. The second-order valence-corrected chi connectivity index (χ2v) is 4.91. The maximum absolute atomic E-state index is 12.3. The summed E-state index contributed by atoms with van der Waals surface area (Å²) in [5, 5.41) is 0. The van der Waals surface area contributed by atoms with Gasteiger partial charge in [-0.25, -0.2) is 9.59 Å². The van der Waals surface area contributed by atoms with Gasteiger partial charge in [-0.2, -0.15) is 0 Å². The number of allylic oxidation sites excluding steroid dienone is 2. The number of carbonyl (C=O) groups excluding carboxylic acids is 2. The van der Waals surface area contributed by atoms with Crippen molar-refractivity contribution in [2.24, 2.45) is 0 Å². The molecular formula is C19H19NO5. The van der Waals surface area contributed by atoms with Crippen LogP contribution in [0.3, 0.4) is 0 Å². The lowest BCUT2D eigenvalue weighted by Crippen LogP contribution is -2.26. The minimum absolute atomic E-state index is 0.0686. The van der Waals surface area contributed by atoms with Gasteiger partial charge in [-0.15, -0.1) is 0 Å². The Bertz CT molecular complexity index is 744. The second-order valence-electron chi connectivity index (χ2n) is 4.91. The van der Waals surface area contributed by atoms with E-state index >= 15 is 0 Å². The third kappa shape index (κ3) is 4.17. The molecule has 0 bridgehead atoms. The average Bonchev–Trinajstić information content (AvgIpc) is 2.88. The maximum atomic E-state index is 12.3. The van der Waals surface area contributed by atoms with E-state index in [0.717, 1.165) is 0 Å². The minimum atomic E-state index is -0.649. The molecule has 1 aromatic rings. The summed E-state index contributed by atoms with van der Waals surface area (Å²) in [5.41, 5.74) is 0.832. The standard InChI is InChI=1S/C19H19NO5/c1-4-13-25-15-10-8-14(9-11-15)20-12-6-5-7-16(18(21)23-2)17(20)19(22)24-3/h4-12H,1,13H2,2-3H3. The summed E-state index contributed by atoms with van der Waals surface area (Å²) in [7, 11) is 2.51. The largest absolute Gasteiger partial charge is 0.490 e. The first kappa shape index (κ1) is 18.1. The first-order chi connectivity index (χ1) is 12.1. The van der Waals surface area contributed by atoms with Crippen molar-refractivity contribution in [2.45, 2.75) is 0 Å². The van der Waals surface area contributed by atoms with Gasteiger partial charge in [-0.3, -0.25) is 0 Å². The zero-order chi connectivity index (χ0) is 18.2. The molecule has 0 saturated heterocycles. The fraction of sp³-hybridized carbons (Fsp3) is 0.158. The zero-order valence-corrected chi connectivity index (χ0v) is 14.1. The van der Waals surface area contributed by atoms with Crippen LogP contribution in [0.5, 0.6) is 5.75 Å². The first-order valence-electron chi connectivity index (χ1n) is 7.51. The van der Waals surface area contributed by atoms with E-state index in [9.17, 15) is 9.59 Å². The van der Waals surface area contributed by atoms with Crippen LogP contribution in [0, 0.1) is 0 Å². The summed E-state index contributed by atoms with van der Waals surface area (Å²) in [6, 6.07) is 7.06. The molecule has 0 amide bonds. The van der Waals surface area contributed by atoms with Crippen LogP contribution in [-0.4, -0.2) is 32.8 Å². The summed E-state index contributed by atoms with van der Waals surface area (Å²) in [6.45, 7) is 3.99. The van der Waals surface area contributed by atoms with Crippen LogP contribution < -0.4 is 9.64 Å². The Morgan fingerprint density at radius 2 is 1.76 bits per heavy atom. The molecule has 1 aromatic carbocycles. The smallest absolute Gasteiger partial charge is 0.355 e. The zero-order valence-electron chi connectivity index (χ0n) is 14.1. The summed E-state index contributed by atoms with van der Waals surface area (Å²) in [4.78, 5) is 26.0. The Balaban J connectivity index is 2.47. The Labute approximate surface area is 146 Å². The van der Waals surface area contributed by atoms with E-state index in [4.69, 9.17) is 14.2 Å². The maximum Gasteiger partial charge on any atom is 0.355 e. The number of ether oxygens (including phenoxy) is 3. The normalized spacial score (nSPS) is 13.3. The molecule has 0 unspecified atom stereocenters. The Morgan fingerprint density at radius 3 is 2.36 bits per heavy atom. The third-order valence-corrected chi connectivity index (χ3v) is 3.37. The van der Waals surface area contributed by atoms with Gasteiger partial charge in [0.25, 0.3) is 0 Å². The van der Waals surface area contributed by atoms with Gasteiger partial charge >= 0.3 is 11.9 Å². The van der Waals surface area contributed by atoms with Crippen molar-refractivity contribution in [2.75, 3.05) is 25.7 Å². The number of benzene rings is 1. The molecule has 1 aliphatic heterocycles. The summed E-state index contributed by atoms with van der Waals surface area (Å²) >= 11 is 0. The summed E-state index contributed by atoms with van der Waals surface area (Å²) in [5.74, 6) is -0.614. The average molecular weight is 341 g/mol. The predicted octanol–water partition coefficient (Wildman–Crippen LogP) is 2.74. The van der Waals surface area contributed by atoms with Gasteiger partial charge in [-0.05, 0) is 36.4 Å². The van der Waals surface area contributed by atoms with Crippen molar-refractivity contribution >= 4 is 17.6 Å². The number of esters is 2. The molecule has 25 heavy (non-hydrogen) atoms. The molecule has 6 nitrogen and oxygen atoms in total. The van der Waals surface area contributed by atoms with Crippen molar-refractivity contribution in [3.8, 4) is 5.75 Å². The molecule has 130 valence electrons. The quantitative estimate of drug-likeness (QED) is 0.585. The van der Waals surface area contributed by atoms with Crippen molar-refractivity contribution in [3.05, 3.63) is 72.6 Å². The number of hydrogen-bond acceptors (Lipinski definition) is 6. The number of methoxy groups -OCH3 is 2. The lowest BCUT2D eigenvalue weighted by Gasteiger charge is -2.23. The van der Waals surface area contributed by atoms with Crippen molar-refractivity contribution < 1.29 is 23.8 Å². The minimum Gasteiger partial charge on any atom is -0.490 e. The van der Waals surface area contributed by atoms with Gasteiger partial charge in [0.15, 0.2) is 0 Å². The van der Waals surface area contributed by atoms with Crippen molar-refractivity contribution in [3.63, 3.8) is 0 Å². The third-order valence-electron chi connectivity index (χ3n) is 3.37. The highest BCUT2D eigenvalue weighted by Crippen LogP contribution is 2.27. The highest BCUT2D eigenvalue weighted by Gasteiger charge is 2.27. The van der Waals surface area contributed by atoms with Crippen LogP contribution >= 0.6 is 0 Å². The molecular weight excluding hydrogens is 322 g/mol. The number of anilines is 1. The molecule has 6 heteroatoms. The monoisotopic (exact) mass is 341 g/mol. The number of nitrogens with zero attached hydrogens (tertiary/aromatic N) is 1. The second kappa shape index (κ2) is 8.54. The van der Waals surface area contributed by atoms with Crippen LogP contribution in [0.1, 0.15) is 0 Å². The number of rotatable bonds is 6. The first-order valence-corrected chi connectivity index (χ1v) is 7.51. The molecule has 0 saturated carbocycles. The fourth-order valence-corrected chi connectivity index (χ4v) is 2.22. The van der Waals surface area contributed by atoms with E-state index in [1.165, 1.54) is 20.3 Å². The van der Waals surface area contributed by atoms with Gasteiger partial charge < -0.3 is 19.1 Å². The van der Waals surface area contributed by atoms with E-state index in [1.54, 1.807) is 53.6 Å². The SMILES string of the molecule is C=CCOc1ccc(N2C=CC=CC(C(=O)OC)=C2C(=O)OC)cc1. The van der Waals surface area contributed by atoms with Gasteiger partial charge in [0, 0.05) is 11.9 Å². The molecule has 0 fully saturated rings. The van der Waals surface area contributed by atoms with E-state index < -0.39 is 11.9 Å². The molecule has 0 N–H and O–H groups in total. The number of carbonyl (C=O) groups is 2. The highest BCUT2D eigenvalue weighted by atomic mass is 16.5. The Hall–Kier alpha value is -3.28. The molecule has 1 aliphatic rings. The molecule has 0 aromatic heterocycles. The molecule has 0 spiro atoms. The van der Waals surface area contributed by atoms with Gasteiger partial charge in [0.1, 0.15) is 18.1 Å².